The normalized spacial score (nSPS) is 26.6. The maximum atomic E-state index is 14.0. The minimum Gasteiger partial charge on any atom is -0.383 e. The van der Waals surface area contributed by atoms with E-state index in [0.717, 1.165) is 154 Å². The highest BCUT2D eigenvalue weighted by molar-refractivity contribution is 7.90. The Morgan fingerprint density at radius 3 is 1.14 bits per heavy atom. The lowest BCUT2D eigenvalue weighted by molar-refractivity contribution is 0.0172. The van der Waals surface area contributed by atoms with E-state index in [1.54, 1.807) is 57.6 Å². The van der Waals surface area contributed by atoms with Crippen LogP contribution in [0, 0.1) is 51.7 Å². The molecule has 11 aliphatic rings. The SMILES string of the molecule is CN(C)C1(c2ccccc2)CCC2(CC1)CN(c1ccc(S(C)(=O)=O)cc1C#N)C(=O)N2CC1CCC1.CN(C)C1(c2ccccc2)CCC2(CC1)CN(c1cnc(C(N)=O)nc1)C(=O)N2CC1CCC1.CN(C)C1(c2ccccc2)CCC2(CC1)CN(c1cnc(S(C)(=O)=O)nc1C#N)C(=O)N2CC1CCC1.CNC1(c2ccccc2)CCC2(CC1)CN(c1cnc(C#N)nc1)C(=O)N2CCOC. The van der Waals surface area contributed by atoms with Crippen molar-refractivity contribution in [3.63, 3.8) is 0 Å². The molecule has 11 fully saturated rings. The van der Waals surface area contributed by atoms with Crippen LogP contribution in [0.15, 0.2) is 181 Å². The number of anilines is 4. The summed E-state index contributed by atoms with van der Waals surface area (Å²) in [4.78, 5) is 113. The maximum Gasteiger partial charge on any atom is 0.325 e. The number of aromatic nitrogens is 6. The molecule has 0 atom stereocenters. The summed E-state index contributed by atoms with van der Waals surface area (Å²) in [7, 11) is 9.42. The van der Waals surface area contributed by atoms with Crippen LogP contribution in [0.25, 0.3) is 0 Å². The Hall–Kier alpha value is -11.9. The summed E-state index contributed by atoms with van der Waals surface area (Å²) in [6.45, 7) is 5.46. The van der Waals surface area contributed by atoms with Crippen LogP contribution in [0.4, 0.5) is 41.9 Å². The monoisotopic (exact) mass is 1920 g/mol. The quantitative estimate of drug-likeness (QED) is 0.0531. The highest BCUT2D eigenvalue weighted by Crippen LogP contribution is 2.56. The predicted molar refractivity (Wildman–Crippen MR) is 531 cm³/mol. The summed E-state index contributed by atoms with van der Waals surface area (Å²) >= 11 is 0. The van der Waals surface area contributed by atoms with Gasteiger partial charge >= 0.3 is 24.1 Å². The Morgan fingerprint density at radius 1 is 0.446 bits per heavy atom. The fourth-order valence-corrected chi connectivity index (χ4v) is 25.1. The molecule has 4 aliphatic heterocycles. The van der Waals surface area contributed by atoms with E-state index in [-0.39, 0.29) is 102 Å². The molecule has 0 unspecified atom stereocenters. The molecule has 7 aliphatic carbocycles. The number of carbonyl (C=O) groups is 5. The molecule has 0 radical (unpaired) electrons. The highest BCUT2D eigenvalue weighted by Gasteiger charge is 2.61. The molecule has 0 bridgehead atoms. The van der Waals surface area contributed by atoms with E-state index in [1.165, 1.54) is 72.7 Å². The summed E-state index contributed by atoms with van der Waals surface area (Å²) in [6, 6.07) is 52.9. The second-order valence-electron chi connectivity index (χ2n) is 41.2. The summed E-state index contributed by atoms with van der Waals surface area (Å²) in [6.07, 6.45) is 34.8. The third-order valence-corrected chi connectivity index (χ3v) is 35.3. The lowest BCUT2D eigenvalue weighted by Gasteiger charge is -2.51. The van der Waals surface area contributed by atoms with Gasteiger partial charge in [-0.1, -0.05) is 141 Å². The van der Waals surface area contributed by atoms with Crippen LogP contribution in [-0.2, 0) is 46.6 Å². The standard InChI is InChI=1S/C29H36N4O3S.C27H34N6O3S.C26H34N6O2.C23H28N6O2/c1-31(2)29(24-10-5-4-6-11-24)16-14-28(15-17-29)21-32(27(34)33(28)20-22-8-7-9-22)26-13-12-25(37(3,35)36)18-23(26)19-30;1-31(2)27(21-10-5-4-6-11-21)14-12-26(13-15-27)19-32(25(34)33(26)18-20-8-7-9-20)23-17-29-24(37(3,35)36)30-22(23)16-28;1-30(2)26(20-9-4-3-5-10-20)13-11-25(12-14-26)18-31(21-15-28-23(22(27)33)29-16-21)24(34)32(25)17-19-7-6-8-19;1-25-23(18-6-4-3-5-7-18)10-8-22(9-11-23)17-28(21(30)29(22)12-13-31-2)19-15-26-20(14-24)27-16-19/h4-6,10-13,18,22H,7-9,14-17,20-21H2,1-3H3;4-6,10-11,17,20H,7-9,12-15,18-19H2,1-3H3;3-5,9-10,15-16,19H,6-8,11-14,17-18H2,1-2H3,(H2,27,33);3-7,15-16,25H,8-13,17H2,1-2H3. The minimum absolute atomic E-state index is 0.0272. The molecule has 19 rings (SSSR count). The Labute approximate surface area is 818 Å². The van der Waals surface area contributed by atoms with Crippen molar-refractivity contribution < 1.29 is 45.5 Å². The molecule has 8 aromatic rings. The Morgan fingerprint density at radius 2 is 0.806 bits per heavy atom. The number of ether oxygens (including phenoxy) is 1. The van der Waals surface area contributed by atoms with Crippen molar-refractivity contribution >= 4 is 72.5 Å². The lowest BCUT2D eigenvalue weighted by Crippen LogP contribution is -2.56. The van der Waals surface area contributed by atoms with Gasteiger partial charge in [0.15, 0.2) is 15.5 Å². The Balaban J connectivity index is 0.000000134. The van der Waals surface area contributed by atoms with Crippen LogP contribution in [0.1, 0.15) is 210 Å². The number of primary amides is 1. The number of sulfone groups is 2. The lowest BCUT2D eigenvalue weighted by atomic mass is 9.68. The number of nitrogens with zero attached hydrogens (tertiary/aromatic N) is 20. The summed E-state index contributed by atoms with van der Waals surface area (Å²) in [5.41, 5.74) is 11.2. The number of nitrogens with one attached hydrogen (secondary N) is 1. The molecule has 734 valence electrons. The van der Waals surface area contributed by atoms with Crippen molar-refractivity contribution in [1.29, 1.82) is 15.8 Å². The van der Waals surface area contributed by atoms with Crippen molar-refractivity contribution in [2.24, 2.45) is 23.5 Å². The number of urea groups is 4. The van der Waals surface area contributed by atoms with Gasteiger partial charge in [-0.3, -0.25) is 39.1 Å². The van der Waals surface area contributed by atoms with Crippen LogP contribution in [-0.4, -0.2) is 261 Å². The zero-order valence-electron chi connectivity index (χ0n) is 81.9. The zero-order chi connectivity index (χ0) is 98.7. The van der Waals surface area contributed by atoms with E-state index in [9.17, 15) is 51.3 Å². The van der Waals surface area contributed by atoms with Gasteiger partial charge in [-0.25, -0.2) is 65.9 Å². The molecule has 3 N–H and O–H groups in total. The second-order valence-corrected chi connectivity index (χ2v) is 45.1. The van der Waals surface area contributed by atoms with Gasteiger partial charge < -0.3 is 35.4 Å². The van der Waals surface area contributed by atoms with Crippen LogP contribution >= 0.6 is 0 Å². The molecular formula is C105H132N22O10S2. The first kappa shape index (κ1) is 100. The number of amides is 9. The first-order valence-electron chi connectivity index (χ1n) is 49.0. The van der Waals surface area contributed by atoms with E-state index < -0.39 is 30.7 Å². The van der Waals surface area contributed by atoms with Gasteiger partial charge in [-0.05, 0) is 249 Å². The fraction of sp³-hybridized carbons (Fsp3) is 0.524. The smallest absolute Gasteiger partial charge is 0.325 e. The van der Waals surface area contributed by atoms with E-state index in [0.29, 0.717) is 80.7 Å². The van der Waals surface area contributed by atoms with Gasteiger partial charge in [0.2, 0.25) is 26.6 Å². The van der Waals surface area contributed by atoms with Gasteiger partial charge in [-0.2, -0.15) is 15.8 Å². The number of benzene rings is 5. The molecule has 7 heterocycles. The number of nitriles is 3. The van der Waals surface area contributed by atoms with Gasteiger partial charge in [0.05, 0.1) is 113 Å². The van der Waals surface area contributed by atoms with Crippen LogP contribution in [0.3, 0.4) is 0 Å². The number of nitrogens with two attached hydrogens (primary N) is 1. The minimum atomic E-state index is -3.68. The Bertz CT molecular complexity index is 5910. The number of rotatable bonds is 24. The fourth-order valence-electron chi connectivity index (χ4n) is 24.0. The zero-order valence-corrected chi connectivity index (χ0v) is 83.5. The third-order valence-electron chi connectivity index (χ3n) is 33.3. The first-order chi connectivity index (χ1) is 66.6. The highest BCUT2D eigenvalue weighted by atomic mass is 32.2. The van der Waals surface area contributed by atoms with Gasteiger partial charge in [0, 0.05) is 68.0 Å². The molecule has 3 aromatic heterocycles. The van der Waals surface area contributed by atoms with E-state index >= 15 is 0 Å². The molecule has 4 saturated heterocycles. The molecule has 9 amide bonds. The molecule has 32 nitrogen and oxygen atoms in total. The van der Waals surface area contributed by atoms with Gasteiger partial charge in [0.1, 0.15) is 23.9 Å². The topological polar surface area (TPSA) is 385 Å². The average molecular weight is 1930 g/mol. The maximum absolute atomic E-state index is 14.0. The Kier molecular flexibility index (Phi) is 29.3. The van der Waals surface area contributed by atoms with Gasteiger partial charge in [-0.15, -0.1) is 0 Å². The van der Waals surface area contributed by atoms with Crippen molar-refractivity contribution in [2.45, 2.75) is 215 Å². The first-order valence-corrected chi connectivity index (χ1v) is 52.7. The van der Waals surface area contributed by atoms with Crippen LogP contribution in [0.5, 0.6) is 0 Å². The van der Waals surface area contributed by atoms with Crippen molar-refractivity contribution in [3.05, 3.63) is 216 Å². The molecule has 5 aromatic carbocycles. The molecule has 34 heteroatoms. The van der Waals surface area contributed by atoms with E-state index in [1.807, 2.05) is 47.2 Å². The summed E-state index contributed by atoms with van der Waals surface area (Å²) in [5, 5.41) is 31.8. The second kappa shape index (κ2) is 40.7. The summed E-state index contributed by atoms with van der Waals surface area (Å²) < 4.78 is 53.4. The third kappa shape index (κ3) is 19.5. The molecule has 4 spiro atoms. The molecule has 7 saturated carbocycles. The predicted octanol–water partition coefficient (Wildman–Crippen LogP) is 14.4. The van der Waals surface area contributed by atoms with E-state index in [2.05, 4.69) is 211 Å². The largest absolute Gasteiger partial charge is 0.383 e. The average Bonchev–Trinajstić information content (AvgIpc) is 1.62. The van der Waals surface area contributed by atoms with Crippen LogP contribution in [0.2, 0.25) is 0 Å². The van der Waals surface area contributed by atoms with Crippen molar-refractivity contribution in [3.8, 4) is 18.2 Å². The van der Waals surface area contributed by atoms with E-state index in [4.69, 9.17) is 15.7 Å². The molecular weight excluding hydrogens is 1790 g/mol. The number of carbonyl (C=O) groups excluding carboxylic acids is 5. The summed E-state index contributed by atoms with van der Waals surface area (Å²) in [5.74, 6) is 1.00. The number of methoxy groups -OCH3 is 1. The number of hydrogen-bond donors (Lipinski definition) is 2. The van der Waals surface area contributed by atoms with Crippen molar-refractivity contribution in [2.75, 3.05) is 148 Å². The van der Waals surface area contributed by atoms with Crippen molar-refractivity contribution in [1.82, 2.24) is 69.5 Å². The number of hydrogen-bond acceptors (Lipinski definition) is 23. The van der Waals surface area contributed by atoms with Crippen LogP contribution < -0.4 is 30.7 Å². The molecule has 139 heavy (non-hydrogen) atoms. The van der Waals surface area contributed by atoms with Gasteiger partial charge in [0.25, 0.3) is 5.91 Å².